The Morgan fingerprint density at radius 3 is 2.76 bits per heavy atom. The number of amides is 1. The lowest BCUT2D eigenvalue weighted by atomic mass is 10.0. The average molecular weight is 532 g/mol. The molecule has 5 aromatic heterocycles. The summed E-state index contributed by atoms with van der Waals surface area (Å²) in [6.07, 6.45) is 4.71. The number of aryl methyl sites for hydroxylation is 3. The summed E-state index contributed by atoms with van der Waals surface area (Å²) < 4.78 is 7.58. The number of hydrogen-bond acceptors (Lipinski definition) is 10. The molecule has 184 valence electrons. The van der Waals surface area contributed by atoms with Crippen molar-refractivity contribution in [2.24, 2.45) is 7.05 Å². The molecule has 0 spiro atoms. The van der Waals surface area contributed by atoms with E-state index in [1.807, 2.05) is 0 Å². The Morgan fingerprint density at radius 2 is 2.05 bits per heavy atom. The molecule has 0 atom stereocenters. The molecule has 0 saturated carbocycles. The molecule has 5 rings (SSSR count). The highest BCUT2D eigenvalue weighted by molar-refractivity contribution is 7.22. The lowest BCUT2D eigenvalue weighted by Gasteiger charge is -2.14. The third-order valence-corrected chi connectivity index (χ3v) is 6.89. The van der Waals surface area contributed by atoms with Gasteiger partial charge in [-0.2, -0.15) is 5.26 Å². The molecule has 0 radical (unpaired) electrons. The third kappa shape index (κ3) is 4.24. The fourth-order valence-corrected chi connectivity index (χ4v) is 5.26. The van der Waals surface area contributed by atoms with Crippen LogP contribution in [0.25, 0.3) is 32.7 Å². The van der Waals surface area contributed by atoms with Crippen LogP contribution < -0.4 is 10.1 Å². The predicted octanol–water partition coefficient (Wildman–Crippen LogP) is 4.35. The zero-order valence-electron chi connectivity index (χ0n) is 20.1. The quantitative estimate of drug-likeness (QED) is 0.327. The fraction of sp³-hybridized carbons (Fsp3) is 0.167. The third-order valence-electron chi connectivity index (χ3n) is 5.61. The molecule has 0 bridgehead atoms. The summed E-state index contributed by atoms with van der Waals surface area (Å²) in [6, 6.07) is 5.71. The summed E-state index contributed by atoms with van der Waals surface area (Å²) in [5.74, 6) is -0.0285. The highest BCUT2D eigenvalue weighted by atomic mass is 35.5. The highest BCUT2D eigenvalue weighted by Crippen LogP contribution is 2.37. The minimum absolute atomic E-state index is 0.0355. The maximum Gasteiger partial charge on any atom is 0.261 e. The molecule has 0 aliphatic rings. The van der Waals surface area contributed by atoms with Crippen molar-refractivity contribution in [3.63, 3.8) is 0 Å². The number of pyridine rings is 3. The first kappa shape index (κ1) is 24.2. The van der Waals surface area contributed by atoms with Crippen LogP contribution in [0.5, 0.6) is 5.75 Å². The van der Waals surface area contributed by atoms with Crippen molar-refractivity contribution in [3.05, 3.63) is 58.4 Å². The van der Waals surface area contributed by atoms with Crippen LogP contribution >= 0.6 is 22.9 Å². The topological polar surface area (TPSA) is 144 Å². The van der Waals surface area contributed by atoms with E-state index in [4.69, 9.17) is 16.3 Å². The second-order valence-electron chi connectivity index (χ2n) is 7.98. The molecule has 1 amide bonds. The van der Waals surface area contributed by atoms with Crippen molar-refractivity contribution < 1.29 is 9.53 Å². The van der Waals surface area contributed by atoms with Gasteiger partial charge in [-0.05, 0) is 26.0 Å². The van der Waals surface area contributed by atoms with E-state index in [-0.39, 0.29) is 15.8 Å². The summed E-state index contributed by atoms with van der Waals surface area (Å²) >= 11 is 7.62. The molecule has 0 aromatic carbocycles. The van der Waals surface area contributed by atoms with Crippen molar-refractivity contribution in [3.8, 4) is 34.3 Å². The summed E-state index contributed by atoms with van der Waals surface area (Å²) in [7, 11) is 3.25. The monoisotopic (exact) mass is 531 g/mol. The molecule has 0 saturated heterocycles. The second-order valence-corrected chi connectivity index (χ2v) is 9.34. The molecule has 1 N–H and O–H groups in total. The van der Waals surface area contributed by atoms with Gasteiger partial charge in [-0.15, -0.1) is 5.10 Å². The number of nitrogens with one attached hydrogen (secondary N) is 1. The number of rotatable bonds is 5. The van der Waals surface area contributed by atoms with Gasteiger partial charge in [-0.25, -0.2) is 14.6 Å². The maximum absolute atomic E-state index is 13.5. The summed E-state index contributed by atoms with van der Waals surface area (Å²) in [5.41, 5.74) is 4.48. The van der Waals surface area contributed by atoms with Crippen LogP contribution in [0.1, 0.15) is 27.3 Å². The first-order valence-electron chi connectivity index (χ1n) is 10.9. The van der Waals surface area contributed by atoms with Crippen LogP contribution in [0.3, 0.4) is 0 Å². The van der Waals surface area contributed by atoms with Gasteiger partial charge >= 0.3 is 0 Å². The molecule has 11 nitrogen and oxygen atoms in total. The Labute approximate surface area is 219 Å². The van der Waals surface area contributed by atoms with E-state index in [2.05, 4.69) is 41.6 Å². The van der Waals surface area contributed by atoms with Crippen LogP contribution in [-0.2, 0) is 7.05 Å². The molecule has 0 fully saturated rings. The average Bonchev–Trinajstić information content (AvgIpc) is 3.44. The smallest absolute Gasteiger partial charge is 0.261 e. The van der Waals surface area contributed by atoms with Crippen LogP contribution in [0.4, 0.5) is 5.13 Å². The number of carbonyl (C=O) groups excluding carboxylic acids is 1. The van der Waals surface area contributed by atoms with E-state index in [0.717, 1.165) is 11.3 Å². The first-order valence-corrected chi connectivity index (χ1v) is 12.0. The first-order chi connectivity index (χ1) is 17.8. The molecule has 0 unspecified atom stereocenters. The van der Waals surface area contributed by atoms with Gasteiger partial charge in [-0.1, -0.05) is 28.2 Å². The van der Waals surface area contributed by atoms with E-state index in [1.165, 1.54) is 7.11 Å². The standard InChI is InChI=1S/C24H18ClN9O2S/c1-11-7-14(13-5-6-27-10-17(13)36-4)18(22(25)29-11)23(35)31-24-30-16-9-28-19(15(8-26)21(16)37-24)20-12(2)32-33-34(20)3/h5-7,9-10H,1-4H3,(H,30,31,35). The SMILES string of the molecule is COc1cnccc1-c1cc(C)nc(Cl)c1C(=O)Nc1nc2cnc(-c3c(C)nnn3C)c(C#N)c2s1. The lowest BCUT2D eigenvalue weighted by Crippen LogP contribution is -2.15. The molecule has 13 heteroatoms. The number of methoxy groups -OCH3 is 1. The van der Waals surface area contributed by atoms with Crippen molar-refractivity contribution in [2.75, 3.05) is 12.4 Å². The van der Waals surface area contributed by atoms with Gasteiger partial charge in [0.05, 0.1) is 41.0 Å². The van der Waals surface area contributed by atoms with Crippen molar-refractivity contribution in [1.82, 2.24) is 34.9 Å². The van der Waals surface area contributed by atoms with E-state index in [0.29, 0.717) is 55.4 Å². The van der Waals surface area contributed by atoms with E-state index < -0.39 is 5.91 Å². The Balaban J connectivity index is 1.58. The number of ether oxygens (including phenoxy) is 1. The Bertz CT molecular complexity index is 1720. The summed E-state index contributed by atoms with van der Waals surface area (Å²) in [4.78, 5) is 30.8. The predicted molar refractivity (Wildman–Crippen MR) is 139 cm³/mol. The number of thiazole rings is 1. The van der Waals surface area contributed by atoms with Crippen LogP contribution in [0.15, 0.2) is 30.7 Å². The Kier molecular flexibility index (Phi) is 6.24. The molecular weight excluding hydrogens is 514 g/mol. The number of carbonyl (C=O) groups is 1. The number of halogens is 1. The van der Waals surface area contributed by atoms with Gasteiger partial charge in [0.25, 0.3) is 5.91 Å². The largest absolute Gasteiger partial charge is 0.494 e. The van der Waals surface area contributed by atoms with Crippen LogP contribution in [0, 0.1) is 25.2 Å². The summed E-state index contributed by atoms with van der Waals surface area (Å²) in [5, 5.41) is 21.1. The molecule has 5 heterocycles. The van der Waals surface area contributed by atoms with Crippen LogP contribution in [0.2, 0.25) is 5.15 Å². The van der Waals surface area contributed by atoms with Crippen molar-refractivity contribution >= 4 is 44.2 Å². The Hall–Kier alpha value is -4.47. The molecule has 0 aliphatic heterocycles. The normalized spacial score (nSPS) is 10.9. The number of nitriles is 1. The Morgan fingerprint density at radius 1 is 1.24 bits per heavy atom. The van der Waals surface area contributed by atoms with E-state index >= 15 is 0 Å². The van der Waals surface area contributed by atoms with Gasteiger partial charge in [0.1, 0.15) is 33.9 Å². The van der Waals surface area contributed by atoms with Gasteiger partial charge in [0.2, 0.25) is 0 Å². The zero-order chi connectivity index (χ0) is 26.3. The van der Waals surface area contributed by atoms with Crippen molar-refractivity contribution in [1.29, 1.82) is 5.26 Å². The minimum Gasteiger partial charge on any atom is -0.494 e. The number of nitrogens with zero attached hydrogens (tertiary/aromatic N) is 8. The molecular formula is C24H18ClN9O2S. The van der Waals surface area contributed by atoms with Gasteiger partial charge in [-0.3, -0.25) is 20.1 Å². The second kappa shape index (κ2) is 9.53. The van der Waals surface area contributed by atoms with E-state index in [9.17, 15) is 10.1 Å². The maximum atomic E-state index is 13.5. The number of hydrogen-bond donors (Lipinski definition) is 1. The summed E-state index contributed by atoms with van der Waals surface area (Å²) in [6.45, 7) is 3.58. The van der Waals surface area contributed by atoms with Crippen LogP contribution in [-0.4, -0.2) is 47.9 Å². The zero-order valence-corrected chi connectivity index (χ0v) is 21.6. The molecule has 0 aliphatic carbocycles. The number of anilines is 1. The van der Waals surface area contributed by atoms with Crippen molar-refractivity contribution in [2.45, 2.75) is 13.8 Å². The van der Waals surface area contributed by atoms with Gasteiger partial charge in [0.15, 0.2) is 5.13 Å². The minimum atomic E-state index is -0.510. The van der Waals surface area contributed by atoms with Gasteiger partial charge in [0, 0.05) is 30.1 Å². The number of fused-ring (bicyclic) bond motifs is 1. The molecule has 37 heavy (non-hydrogen) atoms. The van der Waals surface area contributed by atoms with Gasteiger partial charge < -0.3 is 4.74 Å². The number of aromatic nitrogens is 7. The lowest BCUT2D eigenvalue weighted by molar-refractivity contribution is 0.102. The van der Waals surface area contributed by atoms with E-state index in [1.54, 1.807) is 56.3 Å². The highest BCUT2D eigenvalue weighted by Gasteiger charge is 2.24. The molecule has 5 aromatic rings. The fourth-order valence-electron chi connectivity index (χ4n) is 4.01.